The summed E-state index contributed by atoms with van der Waals surface area (Å²) in [5.74, 6) is 1.07. The third-order valence-electron chi connectivity index (χ3n) is 4.65. The quantitative estimate of drug-likeness (QED) is 0.852. The molecule has 0 aliphatic heterocycles. The van der Waals surface area contributed by atoms with E-state index in [1.165, 1.54) is 18.9 Å². The van der Waals surface area contributed by atoms with Gasteiger partial charge in [-0.3, -0.25) is 0 Å². The van der Waals surface area contributed by atoms with Gasteiger partial charge in [0.15, 0.2) is 0 Å². The van der Waals surface area contributed by atoms with Gasteiger partial charge in [0.05, 0.1) is 0 Å². The van der Waals surface area contributed by atoms with E-state index in [1.807, 2.05) is 6.07 Å². The Balaban J connectivity index is 2.05. The maximum Gasteiger partial charge on any atom is 0.123 e. The van der Waals surface area contributed by atoms with E-state index in [-0.39, 0.29) is 11.9 Å². The van der Waals surface area contributed by atoms with E-state index in [9.17, 15) is 4.39 Å². The Hall–Kier alpha value is -0.890. The van der Waals surface area contributed by atoms with Gasteiger partial charge in [-0.15, -0.1) is 0 Å². The third-order valence-corrected chi connectivity index (χ3v) is 4.65. The summed E-state index contributed by atoms with van der Waals surface area (Å²) in [5, 5.41) is 0. The number of hydrogen-bond acceptors (Lipinski definition) is 1. The zero-order valence-corrected chi connectivity index (χ0v) is 12.3. The Labute approximate surface area is 116 Å². The predicted octanol–water partition coefficient (Wildman–Crippen LogP) is 4.16. The van der Waals surface area contributed by atoms with E-state index in [0.29, 0.717) is 11.3 Å². The molecule has 0 radical (unpaired) electrons. The molecule has 1 fully saturated rings. The molecule has 0 saturated heterocycles. The van der Waals surface area contributed by atoms with Crippen molar-refractivity contribution in [3.8, 4) is 0 Å². The van der Waals surface area contributed by atoms with Crippen molar-refractivity contribution in [2.75, 3.05) is 0 Å². The van der Waals surface area contributed by atoms with Crippen molar-refractivity contribution in [1.29, 1.82) is 0 Å². The number of benzene rings is 1. The van der Waals surface area contributed by atoms with Crippen LogP contribution >= 0.6 is 0 Å². The van der Waals surface area contributed by atoms with Gasteiger partial charge in [0.25, 0.3) is 0 Å². The molecule has 3 atom stereocenters. The second kappa shape index (κ2) is 5.62. The van der Waals surface area contributed by atoms with Crippen LogP contribution in [0.15, 0.2) is 24.3 Å². The van der Waals surface area contributed by atoms with Gasteiger partial charge < -0.3 is 5.73 Å². The van der Waals surface area contributed by atoms with Crippen LogP contribution in [0.3, 0.4) is 0 Å². The normalized spacial score (nSPS) is 28.4. The van der Waals surface area contributed by atoms with Gasteiger partial charge in [-0.1, -0.05) is 32.9 Å². The number of rotatable bonds is 2. The lowest BCUT2D eigenvalue weighted by molar-refractivity contribution is 0.126. The third kappa shape index (κ3) is 3.79. The first kappa shape index (κ1) is 14.5. The van der Waals surface area contributed by atoms with Crippen LogP contribution in [-0.4, -0.2) is 6.04 Å². The molecule has 2 rings (SSSR count). The van der Waals surface area contributed by atoms with Gasteiger partial charge in [-0.2, -0.15) is 0 Å². The largest absolute Gasteiger partial charge is 0.327 e. The average Bonchev–Trinajstić information content (AvgIpc) is 2.30. The van der Waals surface area contributed by atoms with Gasteiger partial charge in [0.1, 0.15) is 5.82 Å². The Bertz CT molecular complexity index is 422. The van der Waals surface area contributed by atoms with Gasteiger partial charge in [0.2, 0.25) is 0 Å². The summed E-state index contributed by atoms with van der Waals surface area (Å²) in [6, 6.07) is 7.22. The SMILES string of the molecule is CC(C)(C)C1CCC(N)C(Cc2cccc(F)c2)C1. The summed E-state index contributed by atoms with van der Waals surface area (Å²) in [5.41, 5.74) is 7.70. The molecule has 2 heteroatoms. The van der Waals surface area contributed by atoms with E-state index < -0.39 is 0 Å². The zero-order chi connectivity index (χ0) is 14.0. The fourth-order valence-electron chi connectivity index (χ4n) is 3.28. The lowest BCUT2D eigenvalue weighted by Gasteiger charge is -2.40. The van der Waals surface area contributed by atoms with Crippen LogP contribution in [0.25, 0.3) is 0 Å². The van der Waals surface area contributed by atoms with Gasteiger partial charge in [0, 0.05) is 6.04 Å². The van der Waals surface area contributed by atoms with Crippen LogP contribution in [0.2, 0.25) is 0 Å². The summed E-state index contributed by atoms with van der Waals surface area (Å²) >= 11 is 0. The molecule has 1 aliphatic carbocycles. The molecular formula is C17H26FN. The summed E-state index contributed by atoms with van der Waals surface area (Å²) in [6.07, 6.45) is 4.40. The monoisotopic (exact) mass is 263 g/mol. The Morgan fingerprint density at radius 1 is 1.26 bits per heavy atom. The molecule has 0 spiro atoms. The van der Waals surface area contributed by atoms with E-state index in [1.54, 1.807) is 12.1 Å². The fourth-order valence-corrected chi connectivity index (χ4v) is 3.28. The highest BCUT2D eigenvalue weighted by Crippen LogP contribution is 2.40. The average molecular weight is 263 g/mol. The molecule has 1 aromatic rings. The maximum absolute atomic E-state index is 13.3. The van der Waals surface area contributed by atoms with Gasteiger partial charge in [-0.05, 0) is 60.6 Å². The van der Waals surface area contributed by atoms with Gasteiger partial charge in [-0.25, -0.2) is 4.39 Å². The molecule has 1 aromatic carbocycles. The molecule has 3 unspecified atom stereocenters. The topological polar surface area (TPSA) is 26.0 Å². The first-order valence-electron chi connectivity index (χ1n) is 7.36. The molecule has 0 bridgehead atoms. The lowest BCUT2D eigenvalue weighted by atomic mass is 9.66. The lowest BCUT2D eigenvalue weighted by Crippen LogP contribution is -2.40. The van der Waals surface area contributed by atoms with Crippen LogP contribution in [-0.2, 0) is 6.42 Å². The van der Waals surface area contributed by atoms with Gasteiger partial charge >= 0.3 is 0 Å². The molecule has 1 saturated carbocycles. The van der Waals surface area contributed by atoms with Crippen LogP contribution in [0.5, 0.6) is 0 Å². The maximum atomic E-state index is 13.3. The highest BCUT2D eigenvalue weighted by molar-refractivity contribution is 5.17. The first-order chi connectivity index (χ1) is 8.86. The number of nitrogens with two attached hydrogens (primary N) is 1. The molecule has 0 amide bonds. The molecule has 106 valence electrons. The van der Waals surface area contributed by atoms with Crippen molar-refractivity contribution in [2.24, 2.45) is 23.0 Å². The Morgan fingerprint density at radius 3 is 2.63 bits per heavy atom. The molecular weight excluding hydrogens is 237 g/mol. The second-order valence-corrected chi connectivity index (χ2v) is 7.13. The summed E-state index contributed by atoms with van der Waals surface area (Å²) in [4.78, 5) is 0. The smallest absolute Gasteiger partial charge is 0.123 e. The summed E-state index contributed by atoms with van der Waals surface area (Å²) in [7, 11) is 0. The van der Waals surface area contributed by atoms with E-state index in [0.717, 1.165) is 24.3 Å². The second-order valence-electron chi connectivity index (χ2n) is 7.13. The molecule has 0 heterocycles. The van der Waals surface area contributed by atoms with E-state index in [4.69, 9.17) is 5.73 Å². The van der Waals surface area contributed by atoms with Crippen molar-refractivity contribution in [3.05, 3.63) is 35.6 Å². The minimum absolute atomic E-state index is 0.144. The first-order valence-corrected chi connectivity index (χ1v) is 7.36. The Morgan fingerprint density at radius 2 is 2.00 bits per heavy atom. The predicted molar refractivity (Wildman–Crippen MR) is 78.4 cm³/mol. The number of hydrogen-bond donors (Lipinski definition) is 1. The minimum atomic E-state index is -0.144. The van der Waals surface area contributed by atoms with Crippen molar-refractivity contribution < 1.29 is 4.39 Å². The summed E-state index contributed by atoms with van der Waals surface area (Å²) in [6.45, 7) is 6.94. The standard InChI is InChI=1S/C17H26FN/c1-17(2,3)14-7-8-16(19)13(11-14)9-12-5-4-6-15(18)10-12/h4-6,10,13-14,16H,7-9,11,19H2,1-3H3. The van der Waals surface area contributed by atoms with Crippen LogP contribution in [0.1, 0.15) is 45.6 Å². The van der Waals surface area contributed by atoms with Crippen LogP contribution in [0.4, 0.5) is 4.39 Å². The molecule has 0 aromatic heterocycles. The molecule has 1 nitrogen and oxygen atoms in total. The summed E-state index contributed by atoms with van der Waals surface area (Å²) < 4.78 is 13.3. The highest BCUT2D eigenvalue weighted by atomic mass is 19.1. The van der Waals surface area contributed by atoms with Crippen molar-refractivity contribution in [1.82, 2.24) is 0 Å². The highest BCUT2D eigenvalue weighted by Gasteiger charge is 2.34. The Kier molecular flexibility index (Phi) is 4.29. The van der Waals surface area contributed by atoms with Crippen LogP contribution in [0, 0.1) is 23.1 Å². The van der Waals surface area contributed by atoms with E-state index >= 15 is 0 Å². The van der Waals surface area contributed by atoms with Crippen molar-refractivity contribution >= 4 is 0 Å². The fraction of sp³-hybridized carbons (Fsp3) is 0.647. The minimum Gasteiger partial charge on any atom is -0.327 e. The molecule has 2 N–H and O–H groups in total. The van der Waals surface area contributed by atoms with E-state index in [2.05, 4.69) is 20.8 Å². The molecule has 19 heavy (non-hydrogen) atoms. The van der Waals surface area contributed by atoms with Crippen LogP contribution < -0.4 is 5.73 Å². The number of halogens is 1. The molecule has 1 aliphatic rings. The zero-order valence-electron chi connectivity index (χ0n) is 12.3. The van der Waals surface area contributed by atoms with Crippen molar-refractivity contribution in [2.45, 2.75) is 52.5 Å². The van der Waals surface area contributed by atoms with Crippen molar-refractivity contribution in [3.63, 3.8) is 0 Å².